The van der Waals surface area contributed by atoms with E-state index < -0.39 is 0 Å². The van der Waals surface area contributed by atoms with Crippen LogP contribution in [0.25, 0.3) is 16.3 Å². The van der Waals surface area contributed by atoms with Crippen LogP contribution in [0.1, 0.15) is 25.8 Å². The Hall–Kier alpha value is -2.66. The van der Waals surface area contributed by atoms with Gasteiger partial charge in [0.1, 0.15) is 11.3 Å². The van der Waals surface area contributed by atoms with Gasteiger partial charge in [0, 0.05) is 12.6 Å². The van der Waals surface area contributed by atoms with Gasteiger partial charge in [-0.1, -0.05) is 54.7 Å². The fourth-order valence-electron chi connectivity index (χ4n) is 2.75. The summed E-state index contributed by atoms with van der Waals surface area (Å²) in [6, 6.07) is 15.7. The summed E-state index contributed by atoms with van der Waals surface area (Å²) in [5.41, 5.74) is 1.99. The van der Waals surface area contributed by atoms with Crippen molar-refractivity contribution in [3.63, 3.8) is 0 Å². The number of thiazole rings is 1. The van der Waals surface area contributed by atoms with E-state index in [1.54, 1.807) is 6.08 Å². The summed E-state index contributed by atoms with van der Waals surface area (Å²) in [7, 11) is 0. The van der Waals surface area contributed by atoms with E-state index in [2.05, 4.69) is 16.5 Å². The first-order valence-corrected chi connectivity index (χ1v) is 9.61. The molecular formula is C21H22N2O2S. The SMILES string of the molecule is CCCn1c(=NC(=O)/C=C/c2ccccc2)sc2cccc(OCC)c21. The molecule has 1 aromatic heterocycles. The van der Waals surface area contributed by atoms with Gasteiger partial charge in [-0.05, 0) is 37.1 Å². The molecule has 0 radical (unpaired) electrons. The average molecular weight is 366 g/mol. The maximum absolute atomic E-state index is 12.3. The number of fused-ring (bicyclic) bond motifs is 1. The molecule has 0 fully saturated rings. The van der Waals surface area contributed by atoms with Gasteiger partial charge in [-0.15, -0.1) is 0 Å². The smallest absolute Gasteiger partial charge is 0.272 e. The lowest BCUT2D eigenvalue weighted by Crippen LogP contribution is -2.16. The minimum Gasteiger partial charge on any atom is -0.492 e. The highest BCUT2D eigenvalue weighted by atomic mass is 32.1. The fraction of sp³-hybridized carbons (Fsp3) is 0.238. The van der Waals surface area contributed by atoms with E-state index in [-0.39, 0.29) is 5.91 Å². The summed E-state index contributed by atoms with van der Waals surface area (Å²) < 4.78 is 8.93. The first-order valence-electron chi connectivity index (χ1n) is 8.80. The Balaban J connectivity index is 2.02. The standard InChI is InChI=1S/C21H22N2O2S/c1-3-15-23-20-17(25-4-2)11-8-12-18(20)26-21(23)22-19(24)14-13-16-9-6-5-7-10-16/h5-14H,3-4,15H2,1-2H3/b14-13+,22-21?. The summed E-state index contributed by atoms with van der Waals surface area (Å²) in [5, 5.41) is 0. The number of hydrogen-bond donors (Lipinski definition) is 0. The Morgan fingerprint density at radius 2 is 1.96 bits per heavy atom. The Bertz CT molecular complexity index is 984. The number of aromatic nitrogens is 1. The molecule has 0 atom stereocenters. The van der Waals surface area contributed by atoms with Crippen LogP contribution in [0.15, 0.2) is 59.6 Å². The molecule has 26 heavy (non-hydrogen) atoms. The molecule has 5 heteroatoms. The monoisotopic (exact) mass is 366 g/mol. The molecule has 3 aromatic rings. The zero-order valence-electron chi connectivity index (χ0n) is 15.0. The van der Waals surface area contributed by atoms with Crippen LogP contribution in [-0.4, -0.2) is 17.1 Å². The Morgan fingerprint density at radius 3 is 2.69 bits per heavy atom. The van der Waals surface area contributed by atoms with Gasteiger partial charge in [-0.2, -0.15) is 4.99 Å². The summed E-state index contributed by atoms with van der Waals surface area (Å²) in [5.74, 6) is 0.576. The van der Waals surface area contributed by atoms with Gasteiger partial charge in [0.25, 0.3) is 5.91 Å². The third-order valence-corrected chi connectivity index (χ3v) is 4.88. The number of carbonyl (C=O) groups excluding carboxylic acids is 1. The van der Waals surface area contributed by atoms with E-state index in [9.17, 15) is 4.79 Å². The van der Waals surface area contributed by atoms with Gasteiger partial charge in [0.05, 0.1) is 11.3 Å². The molecule has 0 unspecified atom stereocenters. The number of aryl methyl sites for hydroxylation is 1. The zero-order valence-corrected chi connectivity index (χ0v) is 15.8. The van der Waals surface area contributed by atoms with Gasteiger partial charge in [0.15, 0.2) is 4.80 Å². The van der Waals surface area contributed by atoms with Crippen LogP contribution in [-0.2, 0) is 11.3 Å². The molecular weight excluding hydrogens is 344 g/mol. The normalized spacial score (nSPS) is 12.2. The van der Waals surface area contributed by atoms with Crippen LogP contribution in [0, 0.1) is 0 Å². The van der Waals surface area contributed by atoms with Crippen molar-refractivity contribution in [2.24, 2.45) is 4.99 Å². The molecule has 1 amide bonds. The lowest BCUT2D eigenvalue weighted by molar-refractivity contribution is -0.113. The molecule has 2 aromatic carbocycles. The molecule has 4 nitrogen and oxygen atoms in total. The molecule has 3 rings (SSSR count). The minimum atomic E-state index is -0.261. The number of benzene rings is 2. The van der Waals surface area contributed by atoms with Crippen molar-refractivity contribution in [3.8, 4) is 5.75 Å². The van der Waals surface area contributed by atoms with Gasteiger partial charge < -0.3 is 9.30 Å². The molecule has 0 saturated heterocycles. The largest absolute Gasteiger partial charge is 0.492 e. The van der Waals surface area contributed by atoms with Gasteiger partial charge in [0.2, 0.25) is 0 Å². The zero-order chi connectivity index (χ0) is 18.4. The fourth-order valence-corrected chi connectivity index (χ4v) is 3.83. The second kappa shape index (κ2) is 8.63. The summed E-state index contributed by atoms with van der Waals surface area (Å²) in [4.78, 5) is 17.4. The molecule has 0 N–H and O–H groups in total. The molecule has 134 valence electrons. The third-order valence-electron chi connectivity index (χ3n) is 3.83. The summed E-state index contributed by atoms with van der Waals surface area (Å²) in [6.07, 6.45) is 4.25. The van der Waals surface area contributed by atoms with Gasteiger partial charge in [-0.3, -0.25) is 4.79 Å². The van der Waals surface area contributed by atoms with E-state index in [1.165, 1.54) is 17.4 Å². The van der Waals surface area contributed by atoms with E-state index in [4.69, 9.17) is 4.74 Å². The number of carbonyl (C=O) groups is 1. The summed E-state index contributed by atoms with van der Waals surface area (Å²) >= 11 is 1.52. The first kappa shape index (κ1) is 18.1. The maximum atomic E-state index is 12.3. The average Bonchev–Trinajstić information content (AvgIpc) is 3.00. The predicted molar refractivity (Wildman–Crippen MR) is 107 cm³/mol. The van der Waals surface area contributed by atoms with E-state index >= 15 is 0 Å². The van der Waals surface area contributed by atoms with Crippen LogP contribution < -0.4 is 9.54 Å². The van der Waals surface area contributed by atoms with Crippen molar-refractivity contribution in [2.75, 3.05) is 6.61 Å². The first-order chi connectivity index (χ1) is 12.7. The molecule has 0 bridgehead atoms. The van der Waals surface area contributed by atoms with E-state index in [0.717, 1.165) is 34.5 Å². The molecule has 1 heterocycles. The van der Waals surface area contributed by atoms with Gasteiger partial charge >= 0.3 is 0 Å². The lowest BCUT2D eigenvalue weighted by atomic mass is 10.2. The highest BCUT2D eigenvalue weighted by Crippen LogP contribution is 2.27. The van der Waals surface area contributed by atoms with Crippen molar-refractivity contribution in [1.82, 2.24) is 4.57 Å². The van der Waals surface area contributed by atoms with Crippen molar-refractivity contribution in [1.29, 1.82) is 0 Å². The third kappa shape index (κ3) is 4.11. The number of amides is 1. The number of nitrogens with zero attached hydrogens (tertiary/aromatic N) is 2. The molecule has 0 saturated carbocycles. The molecule has 0 spiro atoms. The highest BCUT2D eigenvalue weighted by molar-refractivity contribution is 7.16. The molecule has 0 aliphatic carbocycles. The minimum absolute atomic E-state index is 0.261. The van der Waals surface area contributed by atoms with Crippen LogP contribution in [0.3, 0.4) is 0 Å². The van der Waals surface area contributed by atoms with Crippen LogP contribution >= 0.6 is 11.3 Å². The van der Waals surface area contributed by atoms with Crippen molar-refractivity contribution < 1.29 is 9.53 Å². The maximum Gasteiger partial charge on any atom is 0.272 e. The van der Waals surface area contributed by atoms with E-state index in [1.807, 2.05) is 55.5 Å². The van der Waals surface area contributed by atoms with Crippen molar-refractivity contribution in [2.45, 2.75) is 26.8 Å². The van der Waals surface area contributed by atoms with Crippen molar-refractivity contribution in [3.05, 3.63) is 65.0 Å². The Morgan fingerprint density at radius 1 is 1.15 bits per heavy atom. The van der Waals surface area contributed by atoms with Crippen LogP contribution in [0.2, 0.25) is 0 Å². The summed E-state index contributed by atoms with van der Waals surface area (Å²) in [6.45, 7) is 5.48. The van der Waals surface area contributed by atoms with Crippen molar-refractivity contribution >= 4 is 33.5 Å². The quantitative estimate of drug-likeness (QED) is 0.596. The second-order valence-corrected chi connectivity index (χ2v) is 6.78. The molecule has 0 aliphatic heterocycles. The van der Waals surface area contributed by atoms with E-state index in [0.29, 0.717) is 11.4 Å². The predicted octanol–water partition coefficient (Wildman–Crippen LogP) is 4.65. The van der Waals surface area contributed by atoms with Gasteiger partial charge in [-0.25, -0.2) is 0 Å². The van der Waals surface area contributed by atoms with Crippen LogP contribution in [0.4, 0.5) is 0 Å². The number of ether oxygens (including phenoxy) is 1. The second-order valence-electron chi connectivity index (χ2n) is 5.77. The number of hydrogen-bond acceptors (Lipinski definition) is 3. The number of rotatable bonds is 6. The molecule has 0 aliphatic rings. The van der Waals surface area contributed by atoms with Crippen LogP contribution in [0.5, 0.6) is 5.75 Å². The topological polar surface area (TPSA) is 43.6 Å². The number of para-hydroxylation sites is 1. The highest BCUT2D eigenvalue weighted by Gasteiger charge is 2.11. The Kier molecular flexibility index (Phi) is 6.02. The Labute approximate surface area is 157 Å². The lowest BCUT2D eigenvalue weighted by Gasteiger charge is -2.08.